The number of hydrogen-bond acceptors (Lipinski definition) is 6. The van der Waals surface area contributed by atoms with Gasteiger partial charge in [0, 0.05) is 12.6 Å². The van der Waals surface area contributed by atoms with Crippen molar-refractivity contribution in [2.24, 2.45) is 0 Å². The molecule has 0 spiro atoms. The van der Waals surface area contributed by atoms with Crippen molar-refractivity contribution in [3.63, 3.8) is 0 Å². The number of nitrogens with one attached hydrogen (secondary N) is 1. The van der Waals surface area contributed by atoms with Gasteiger partial charge in [0.05, 0.1) is 31.2 Å². The fourth-order valence-corrected chi connectivity index (χ4v) is 4.81. The first-order valence-electron chi connectivity index (χ1n) is 12.0. The Morgan fingerprint density at radius 3 is 2.16 bits per heavy atom. The van der Waals surface area contributed by atoms with Crippen molar-refractivity contribution >= 4 is 39.1 Å². The Morgan fingerprint density at radius 2 is 1.68 bits per heavy atom. The second-order valence-electron chi connectivity index (χ2n) is 8.70. The average molecular weight is 554 g/mol. The molecule has 0 unspecified atom stereocenters. The Hall–Kier alpha value is -2.98. The Kier molecular flexibility index (Phi) is 11.1. The molecule has 2 rings (SSSR count). The zero-order chi connectivity index (χ0) is 27.8. The molecule has 0 radical (unpaired) electrons. The lowest BCUT2D eigenvalue weighted by atomic mass is 10.1. The van der Waals surface area contributed by atoms with Gasteiger partial charge >= 0.3 is 0 Å². The van der Waals surface area contributed by atoms with E-state index < -0.39 is 28.5 Å². The van der Waals surface area contributed by atoms with Crippen LogP contribution in [0.1, 0.15) is 39.2 Å². The van der Waals surface area contributed by atoms with E-state index in [1.807, 2.05) is 20.8 Å². The van der Waals surface area contributed by atoms with Crippen LogP contribution < -0.4 is 19.1 Å². The second kappa shape index (κ2) is 13.5. The quantitative estimate of drug-likeness (QED) is 0.404. The summed E-state index contributed by atoms with van der Waals surface area (Å²) in [5.74, 6) is 0.207. The number of carbonyl (C=O) groups is 2. The summed E-state index contributed by atoms with van der Waals surface area (Å²) in [7, 11) is -0.864. The smallest absolute Gasteiger partial charge is 0.244 e. The Morgan fingerprint density at radius 1 is 1.03 bits per heavy atom. The van der Waals surface area contributed by atoms with Crippen LogP contribution in [0.4, 0.5) is 5.69 Å². The first-order chi connectivity index (χ1) is 17.4. The number of anilines is 1. The number of carbonyl (C=O) groups excluding carboxylic acids is 2. The van der Waals surface area contributed by atoms with Gasteiger partial charge in [-0.1, -0.05) is 37.6 Å². The lowest BCUT2D eigenvalue weighted by Crippen LogP contribution is -2.53. The molecule has 0 aliphatic rings. The SMILES string of the molecule is CC[C@H](C(=O)N[C@@H](C)CC)N(Cc1ccc(OC)cc1)C(=O)CN(c1ccc(OC)c(Cl)c1)S(C)(=O)=O. The van der Waals surface area contributed by atoms with E-state index >= 15 is 0 Å². The third kappa shape index (κ3) is 8.26. The topological polar surface area (TPSA) is 105 Å². The number of rotatable bonds is 13. The standard InChI is InChI=1S/C26H36ClN3O6S/c1-7-18(3)28-26(32)23(8-2)29(16-19-9-12-21(35-4)13-10-19)25(31)17-30(37(6,33)34)20-11-14-24(36-5)22(27)15-20/h9-15,18,23H,7-8,16-17H2,1-6H3,(H,28,32)/t18-,23+/m0/s1. The Balaban J connectivity index is 2.46. The van der Waals surface area contributed by atoms with Crippen molar-refractivity contribution < 1.29 is 27.5 Å². The molecule has 0 fully saturated rings. The van der Waals surface area contributed by atoms with Crippen LogP contribution in [-0.2, 0) is 26.2 Å². The predicted molar refractivity (Wildman–Crippen MR) is 146 cm³/mol. The maximum atomic E-state index is 13.7. The van der Waals surface area contributed by atoms with Gasteiger partial charge in [0.2, 0.25) is 21.8 Å². The molecule has 2 aromatic rings. The number of benzene rings is 2. The summed E-state index contributed by atoms with van der Waals surface area (Å²) in [6, 6.07) is 10.7. The van der Waals surface area contributed by atoms with E-state index in [1.165, 1.54) is 30.2 Å². The van der Waals surface area contributed by atoms with Gasteiger partial charge in [-0.05, 0) is 55.7 Å². The molecule has 11 heteroatoms. The molecular formula is C26H36ClN3O6S. The molecule has 1 N–H and O–H groups in total. The number of hydrogen-bond donors (Lipinski definition) is 1. The van der Waals surface area contributed by atoms with E-state index in [9.17, 15) is 18.0 Å². The number of amides is 2. The van der Waals surface area contributed by atoms with Gasteiger partial charge in [-0.25, -0.2) is 8.42 Å². The van der Waals surface area contributed by atoms with Crippen molar-refractivity contribution in [1.82, 2.24) is 10.2 Å². The third-order valence-electron chi connectivity index (χ3n) is 6.00. The van der Waals surface area contributed by atoms with Gasteiger partial charge in [0.1, 0.15) is 24.1 Å². The summed E-state index contributed by atoms with van der Waals surface area (Å²) in [5, 5.41) is 3.14. The highest BCUT2D eigenvalue weighted by atomic mass is 35.5. The van der Waals surface area contributed by atoms with Gasteiger partial charge in [0.25, 0.3) is 0 Å². The molecule has 0 aromatic heterocycles. The molecule has 9 nitrogen and oxygen atoms in total. The van der Waals surface area contributed by atoms with Crippen LogP contribution in [0.2, 0.25) is 5.02 Å². The van der Waals surface area contributed by atoms with Crippen molar-refractivity contribution in [2.45, 2.75) is 52.2 Å². The molecule has 0 saturated heterocycles. The van der Waals surface area contributed by atoms with E-state index in [4.69, 9.17) is 21.1 Å². The lowest BCUT2D eigenvalue weighted by molar-refractivity contribution is -0.140. The van der Waals surface area contributed by atoms with Crippen molar-refractivity contribution in [2.75, 3.05) is 31.3 Å². The minimum Gasteiger partial charge on any atom is -0.497 e. The molecule has 37 heavy (non-hydrogen) atoms. The van der Waals surface area contributed by atoms with Crippen LogP contribution in [0.3, 0.4) is 0 Å². The molecule has 204 valence electrons. The normalized spacial score (nSPS) is 12.8. The fourth-order valence-electron chi connectivity index (χ4n) is 3.71. The molecular weight excluding hydrogens is 518 g/mol. The number of methoxy groups -OCH3 is 2. The summed E-state index contributed by atoms with van der Waals surface area (Å²) < 4.78 is 36.8. The molecule has 2 amide bonds. The summed E-state index contributed by atoms with van der Waals surface area (Å²) >= 11 is 6.23. The zero-order valence-electron chi connectivity index (χ0n) is 22.2. The molecule has 0 heterocycles. The third-order valence-corrected chi connectivity index (χ3v) is 7.44. The summed E-state index contributed by atoms with van der Waals surface area (Å²) in [6.07, 6.45) is 2.09. The monoisotopic (exact) mass is 553 g/mol. The van der Waals surface area contributed by atoms with Crippen molar-refractivity contribution in [3.8, 4) is 11.5 Å². The van der Waals surface area contributed by atoms with Crippen LogP contribution in [0, 0.1) is 0 Å². The van der Waals surface area contributed by atoms with Crippen LogP contribution in [0.25, 0.3) is 0 Å². The number of halogens is 1. The van der Waals surface area contributed by atoms with Gasteiger partial charge < -0.3 is 19.7 Å². The number of sulfonamides is 1. The van der Waals surface area contributed by atoms with E-state index in [1.54, 1.807) is 31.4 Å². The summed E-state index contributed by atoms with van der Waals surface area (Å²) in [6.45, 7) is 5.25. The minimum absolute atomic E-state index is 0.0755. The Labute approximate surface area is 224 Å². The average Bonchev–Trinajstić information content (AvgIpc) is 2.86. The molecule has 0 aliphatic heterocycles. The van der Waals surface area contributed by atoms with Crippen molar-refractivity contribution in [1.29, 1.82) is 0 Å². The molecule has 0 bridgehead atoms. The second-order valence-corrected chi connectivity index (χ2v) is 11.0. The van der Waals surface area contributed by atoms with Crippen LogP contribution in [0.5, 0.6) is 11.5 Å². The van der Waals surface area contributed by atoms with E-state index in [-0.39, 0.29) is 29.2 Å². The molecule has 0 aliphatic carbocycles. The maximum absolute atomic E-state index is 13.7. The van der Waals surface area contributed by atoms with Crippen LogP contribution in [0.15, 0.2) is 42.5 Å². The number of ether oxygens (including phenoxy) is 2. The highest BCUT2D eigenvalue weighted by Crippen LogP contribution is 2.30. The van der Waals surface area contributed by atoms with Gasteiger partial charge in [0.15, 0.2) is 0 Å². The summed E-state index contributed by atoms with van der Waals surface area (Å²) in [4.78, 5) is 28.3. The van der Waals surface area contributed by atoms with E-state index in [0.717, 1.165) is 22.5 Å². The van der Waals surface area contributed by atoms with Gasteiger partial charge in [-0.2, -0.15) is 0 Å². The highest BCUT2D eigenvalue weighted by Gasteiger charge is 2.32. The lowest BCUT2D eigenvalue weighted by Gasteiger charge is -2.33. The maximum Gasteiger partial charge on any atom is 0.244 e. The van der Waals surface area contributed by atoms with Gasteiger partial charge in [-0.15, -0.1) is 0 Å². The fraction of sp³-hybridized carbons (Fsp3) is 0.462. The largest absolute Gasteiger partial charge is 0.497 e. The summed E-state index contributed by atoms with van der Waals surface area (Å²) in [5.41, 5.74) is 0.977. The molecule has 2 atom stereocenters. The first kappa shape index (κ1) is 30.2. The van der Waals surface area contributed by atoms with Crippen LogP contribution >= 0.6 is 11.6 Å². The first-order valence-corrected chi connectivity index (χ1v) is 14.2. The zero-order valence-corrected chi connectivity index (χ0v) is 23.7. The molecule has 2 aromatic carbocycles. The van der Waals surface area contributed by atoms with Gasteiger partial charge in [-0.3, -0.25) is 13.9 Å². The Bertz CT molecular complexity index is 1170. The minimum atomic E-state index is -3.87. The number of nitrogens with zero attached hydrogens (tertiary/aromatic N) is 2. The predicted octanol–water partition coefficient (Wildman–Crippen LogP) is 3.85. The van der Waals surface area contributed by atoms with Crippen LogP contribution in [-0.4, -0.2) is 64.2 Å². The van der Waals surface area contributed by atoms with Crippen molar-refractivity contribution in [3.05, 3.63) is 53.1 Å². The van der Waals surface area contributed by atoms with E-state index in [0.29, 0.717) is 17.9 Å². The highest BCUT2D eigenvalue weighted by molar-refractivity contribution is 7.92. The van der Waals surface area contributed by atoms with E-state index in [2.05, 4.69) is 5.32 Å². The molecule has 0 saturated carbocycles.